The summed E-state index contributed by atoms with van der Waals surface area (Å²) in [5.74, 6) is 1.54. The summed E-state index contributed by atoms with van der Waals surface area (Å²) < 4.78 is 3.04. The number of nitrogens with zero attached hydrogens (tertiary/aromatic N) is 2. The van der Waals surface area contributed by atoms with Crippen molar-refractivity contribution in [3.63, 3.8) is 0 Å². The molecular weight excluding hydrogens is 462 g/mol. The molecule has 0 amide bonds. The molecule has 2 N–H and O–H groups in total. The highest BCUT2D eigenvalue weighted by atomic mass is 79.9. The van der Waals surface area contributed by atoms with Gasteiger partial charge in [0.05, 0.1) is 26.2 Å². The molecule has 30 heavy (non-hydrogen) atoms. The molecule has 4 aliphatic heterocycles. The summed E-state index contributed by atoms with van der Waals surface area (Å²) in [6.45, 7) is 3.83. The van der Waals surface area contributed by atoms with Crippen LogP contribution in [-0.2, 0) is 10.2 Å². The quantitative estimate of drug-likeness (QED) is 0.381. The van der Waals surface area contributed by atoms with Crippen LogP contribution in [0.4, 0.5) is 11.4 Å². The summed E-state index contributed by atoms with van der Waals surface area (Å²) in [5, 5.41) is 17.0. The number of hydrogen-bond acceptors (Lipinski definition) is 5. The van der Waals surface area contributed by atoms with Crippen LogP contribution in [0.3, 0.4) is 0 Å². The molecule has 5 aliphatic rings. The van der Waals surface area contributed by atoms with Crippen LogP contribution >= 0.6 is 27.7 Å². The minimum atomic E-state index is -0.252. The Morgan fingerprint density at radius 1 is 1.43 bits per heavy atom. The summed E-state index contributed by atoms with van der Waals surface area (Å²) in [6.07, 6.45) is 9.48. The van der Waals surface area contributed by atoms with Crippen LogP contribution in [0.5, 0.6) is 5.75 Å². The molecule has 1 spiro atoms. The molecule has 5 nitrogen and oxygen atoms in total. The Labute approximate surface area is 188 Å². The third kappa shape index (κ3) is 2.28. The van der Waals surface area contributed by atoms with E-state index >= 15 is 0 Å². The molecule has 6 rings (SSSR count). The Bertz CT molecular complexity index is 1190. The Balaban J connectivity index is 1.67. The summed E-state index contributed by atoms with van der Waals surface area (Å²) in [4.78, 5) is 18.1. The fraction of sp³-hybridized carbons (Fsp3) is 0.522. The Kier molecular flexibility index (Phi) is 4.27. The van der Waals surface area contributed by atoms with Gasteiger partial charge in [-0.1, -0.05) is 25.8 Å². The fourth-order valence-electron chi connectivity index (χ4n) is 6.08. The number of allylic oxidation sites excluding steroid dienone is 1. The molecule has 1 aliphatic carbocycles. The highest BCUT2D eigenvalue weighted by Crippen LogP contribution is 2.54. The van der Waals surface area contributed by atoms with E-state index in [1.165, 1.54) is 30.4 Å². The van der Waals surface area contributed by atoms with E-state index in [9.17, 15) is 9.90 Å². The van der Waals surface area contributed by atoms with Gasteiger partial charge < -0.3 is 10.4 Å². The number of fused-ring (bicyclic) bond motifs is 2. The van der Waals surface area contributed by atoms with E-state index < -0.39 is 0 Å². The second-order valence-electron chi connectivity index (χ2n) is 8.91. The van der Waals surface area contributed by atoms with Gasteiger partial charge >= 0.3 is 0 Å². The minimum Gasteiger partial charge on any atom is -0.504 e. The van der Waals surface area contributed by atoms with Crippen molar-refractivity contribution >= 4 is 56.6 Å². The first-order chi connectivity index (χ1) is 14.6. The number of anilines is 1. The average Bonchev–Trinajstić information content (AvgIpc) is 3.18. The fourth-order valence-corrected chi connectivity index (χ4v) is 8.40. The van der Waals surface area contributed by atoms with E-state index in [0.717, 1.165) is 47.9 Å². The van der Waals surface area contributed by atoms with Gasteiger partial charge in [0.2, 0.25) is 17.2 Å². The number of halogens is 1. The lowest BCUT2D eigenvalue weighted by atomic mass is 9.64. The number of hydrogen-bond donors (Lipinski definition) is 2. The molecule has 0 saturated carbocycles. The molecule has 7 heteroatoms. The Morgan fingerprint density at radius 3 is 3.13 bits per heavy atom. The number of unbranched alkanes of at least 4 members (excludes halogenated alkanes) is 2. The van der Waals surface area contributed by atoms with Crippen molar-refractivity contribution in [3.05, 3.63) is 26.7 Å². The Hall–Kier alpha value is -1.60. The molecule has 0 aromatic heterocycles. The van der Waals surface area contributed by atoms with Crippen LogP contribution < -0.4 is 20.5 Å². The molecule has 0 fully saturated rings. The van der Waals surface area contributed by atoms with Crippen molar-refractivity contribution in [1.29, 1.82) is 0 Å². The maximum Gasteiger partial charge on any atom is 0.237 e. The first-order valence-corrected chi connectivity index (χ1v) is 12.8. The molecular formula is C23H25BrN3O2S+. The third-order valence-electron chi connectivity index (χ3n) is 7.37. The van der Waals surface area contributed by atoms with Gasteiger partial charge in [-0.25, -0.2) is 4.58 Å². The first kappa shape index (κ1) is 19.1. The van der Waals surface area contributed by atoms with Crippen molar-refractivity contribution in [2.24, 2.45) is 4.99 Å². The van der Waals surface area contributed by atoms with E-state index in [4.69, 9.17) is 0 Å². The number of aliphatic imine (C=N–C) groups is 1. The van der Waals surface area contributed by atoms with E-state index in [2.05, 4.69) is 43.8 Å². The maximum absolute atomic E-state index is 13.5. The van der Waals surface area contributed by atoms with E-state index in [0.29, 0.717) is 10.2 Å². The van der Waals surface area contributed by atoms with Crippen molar-refractivity contribution in [2.45, 2.75) is 55.7 Å². The zero-order valence-electron chi connectivity index (χ0n) is 17.0. The normalized spacial score (nSPS) is 29.7. The summed E-state index contributed by atoms with van der Waals surface area (Å²) in [5.41, 5.74) is 3.62. The molecule has 2 bridgehead atoms. The van der Waals surface area contributed by atoms with Gasteiger partial charge in [0, 0.05) is 24.6 Å². The molecule has 1 aromatic rings. The number of Topliss-reactive ketones (excluding diaryl/α,β-unsaturated/α-hetero) is 1. The van der Waals surface area contributed by atoms with Gasteiger partial charge in [-0.2, -0.15) is 0 Å². The molecule has 3 atom stereocenters. The number of thioether (sulfide) groups is 1. The number of phenols is 1. The van der Waals surface area contributed by atoms with Crippen LogP contribution in [0.15, 0.2) is 15.6 Å². The van der Waals surface area contributed by atoms with Gasteiger partial charge in [-0.05, 0) is 40.1 Å². The molecule has 1 aromatic carbocycles. The summed E-state index contributed by atoms with van der Waals surface area (Å²) >= 11 is 5.58. The van der Waals surface area contributed by atoms with Crippen LogP contribution in [-0.4, -0.2) is 47.2 Å². The summed E-state index contributed by atoms with van der Waals surface area (Å²) in [7, 11) is 0. The number of ketones is 1. The third-order valence-corrected chi connectivity index (χ3v) is 9.55. The van der Waals surface area contributed by atoms with Crippen molar-refractivity contribution in [1.82, 2.24) is 4.58 Å². The lowest BCUT2D eigenvalue weighted by molar-refractivity contribution is -0.118. The number of phenolic OH excluding ortho intramolecular Hbond substituents is 1. The van der Waals surface area contributed by atoms with Crippen molar-refractivity contribution < 1.29 is 9.90 Å². The van der Waals surface area contributed by atoms with Gasteiger partial charge in [0.1, 0.15) is 12.2 Å². The highest BCUT2D eigenvalue weighted by molar-refractivity contribution is 9.12. The molecule has 0 radical (unpaired) electrons. The second kappa shape index (κ2) is 6.70. The SMILES string of the molecule is CCCCCSC1C2C(=O)C(Br)=CC13CCNc1c(O)c4c5c(c13)=[N+]2CCC=5C=N4. The van der Waals surface area contributed by atoms with Gasteiger partial charge in [-0.15, -0.1) is 11.8 Å². The van der Waals surface area contributed by atoms with Crippen LogP contribution in [0.25, 0.3) is 5.57 Å². The van der Waals surface area contributed by atoms with E-state index in [1.807, 2.05) is 18.0 Å². The van der Waals surface area contributed by atoms with Gasteiger partial charge in [0.15, 0.2) is 5.75 Å². The number of benzene rings is 1. The number of aromatic hydroxyl groups is 1. The molecule has 3 unspecified atom stereocenters. The van der Waals surface area contributed by atoms with Gasteiger partial charge in [-0.3, -0.25) is 9.79 Å². The average molecular weight is 487 g/mol. The largest absolute Gasteiger partial charge is 0.504 e. The Morgan fingerprint density at radius 2 is 2.30 bits per heavy atom. The predicted molar refractivity (Wildman–Crippen MR) is 126 cm³/mol. The van der Waals surface area contributed by atoms with Crippen LogP contribution in [0.2, 0.25) is 0 Å². The zero-order valence-corrected chi connectivity index (χ0v) is 19.4. The maximum atomic E-state index is 13.5. The van der Waals surface area contributed by atoms with Crippen LogP contribution in [0, 0.1) is 0 Å². The standard InChI is InChI=1S/C23H24BrN3O2S/c1-2-3-4-9-30-22-19-20(28)13(24)10-23(22)6-7-25-17-15(23)18-14-12(5-8-27(18)19)11-26-16(14)21(17)29/h10-11,19,22H,2-9H2,1H3,(H,25,26,29)/p+1. The molecule has 0 saturated heterocycles. The lowest BCUT2D eigenvalue weighted by Crippen LogP contribution is -2.69. The first-order valence-electron chi connectivity index (χ1n) is 11.0. The smallest absolute Gasteiger partial charge is 0.237 e. The lowest BCUT2D eigenvalue weighted by Gasteiger charge is -2.49. The number of rotatable bonds is 5. The van der Waals surface area contributed by atoms with Crippen LogP contribution in [0.1, 0.15) is 44.6 Å². The topological polar surface area (TPSA) is 64.7 Å². The number of nitrogens with one attached hydrogen (secondary N) is 1. The number of carbonyl (C=O) groups is 1. The minimum absolute atomic E-state index is 0.162. The second-order valence-corrected chi connectivity index (χ2v) is 11.0. The van der Waals surface area contributed by atoms with Crippen molar-refractivity contribution in [3.8, 4) is 5.75 Å². The van der Waals surface area contributed by atoms with Gasteiger partial charge in [0.25, 0.3) is 0 Å². The molecule has 156 valence electrons. The van der Waals surface area contributed by atoms with E-state index in [-0.39, 0.29) is 28.2 Å². The number of carbonyl (C=O) groups excluding carboxylic acids is 1. The van der Waals surface area contributed by atoms with Crippen molar-refractivity contribution in [2.75, 3.05) is 24.2 Å². The van der Waals surface area contributed by atoms with E-state index in [1.54, 1.807) is 0 Å². The molecule has 4 heterocycles. The highest BCUT2D eigenvalue weighted by Gasteiger charge is 2.61. The predicted octanol–water partition coefficient (Wildman–Crippen LogP) is 2.74. The zero-order chi connectivity index (χ0) is 20.6. The summed E-state index contributed by atoms with van der Waals surface area (Å²) in [6, 6.07) is -0.162. The monoisotopic (exact) mass is 486 g/mol.